The van der Waals surface area contributed by atoms with Crippen molar-refractivity contribution in [1.29, 1.82) is 0 Å². The van der Waals surface area contributed by atoms with Gasteiger partial charge in [-0.1, -0.05) is 35.9 Å². The van der Waals surface area contributed by atoms with Crippen LogP contribution in [0, 0.1) is 6.92 Å². The molecule has 0 unspecified atom stereocenters. The zero-order valence-electron chi connectivity index (χ0n) is 12.7. The number of carbonyl (C=O) groups is 1. The van der Waals surface area contributed by atoms with Crippen LogP contribution in [-0.2, 0) is 6.18 Å². The second-order valence-electron chi connectivity index (χ2n) is 5.41. The van der Waals surface area contributed by atoms with Crippen molar-refractivity contribution in [2.75, 3.05) is 0 Å². The summed E-state index contributed by atoms with van der Waals surface area (Å²) >= 11 is 0. The summed E-state index contributed by atoms with van der Waals surface area (Å²) in [5, 5.41) is 4.29. The number of aldehydes is 1. The first-order valence-electron chi connectivity index (χ1n) is 7.18. The highest BCUT2D eigenvalue weighted by Crippen LogP contribution is 2.31. The predicted molar refractivity (Wildman–Crippen MR) is 84.1 cm³/mol. The molecule has 0 fully saturated rings. The number of nitrogens with zero attached hydrogens (tertiary/aromatic N) is 2. The van der Waals surface area contributed by atoms with Gasteiger partial charge in [-0.05, 0) is 25.1 Å². The Hall–Kier alpha value is -2.89. The molecule has 122 valence electrons. The minimum atomic E-state index is -4.43. The number of aromatic nitrogens is 2. The molecular formula is C18H13F3N2O. The van der Waals surface area contributed by atoms with Crippen molar-refractivity contribution in [3.63, 3.8) is 0 Å². The molecule has 0 amide bonds. The molecule has 0 saturated heterocycles. The molecule has 0 N–H and O–H groups in total. The van der Waals surface area contributed by atoms with E-state index in [4.69, 9.17) is 0 Å². The highest BCUT2D eigenvalue weighted by atomic mass is 19.4. The van der Waals surface area contributed by atoms with Gasteiger partial charge in [0.15, 0.2) is 6.29 Å². The Bertz CT molecular complexity index is 880. The molecule has 0 radical (unpaired) electrons. The average Bonchev–Trinajstić information content (AvgIpc) is 2.99. The van der Waals surface area contributed by atoms with Crippen LogP contribution in [0.2, 0.25) is 0 Å². The molecule has 0 saturated carbocycles. The maximum Gasteiger partial charge on any atom is 0.416 e. The number of hydrogen-bond donors (Lipinski definition) is 0. The zero-order valence-corrected chi connectivity index (χ0v) is 12.7. The van der Waals surface area contributed by atoms with Crippen molar-refractivity contribution < 1.29 is 18.0 Å². The number of rotatable bonds is 3. The first-order valence-corrected chi connectivity index (χ1v) is 7.18. The SMILES string of the molecule is Cc1ccc(-c2nn(-c3cccc(C(F)(F)F)c3)cc2C=O)cc1. The molecule has 3 nitrogen and oxygen atoms in total. The van der Waals surface area contributed by atoms with Crippen molar-refractivity contribution in [2.45, 2.75) is 13.1 Å². The third-order valence-corrected chi connectivity index (χ3v) is 3.63. The molecule has 1 aromatic heterocycles. The van der Waals surface area contributed by atoms with Gasteiger partial charge in [-0.2, -0.15) is 18.3 Å². The Balaban J connectivity index is 2.08. The minimum absolute atomic E-state index is 0.242. The molecule has 0 aliphatic carbocycles. The monoisotopic (exact) mass is 330 g/mol. The molecule has 1 heterocycles. The van der Waals surface area contributed by atoms with E-state index in [2.05, 4.69) is 5.10 Å². The third-order valence-electron chi connectivity index (χ3n) is 3.63. The molecule has 0 atom stereocenters. The minimum Gasteiger partial charge on any atom is -0.298 e. The van der Waals surface area contributed by atoms with Crippen LogP contribution in [0.1, 0.15) is 21.5 Å². The van der Waals surface area contributed by atoms with Crippen molar-refractivity contribution in [3.8, 4) is 16.9 Å². The lowest BCUT2D eigenvalue weighted by molar-refractivity contribution is -0.137. The lowest BCUT2D eigenvalue weighted by Crippen LogP contribution is -2.06. The van der Waals surface area contributed by atoms with E-state index in [-0.39, 0.29) is 5.69 Å². The fourth-order valence-electron chi connectivity index (χ4n) is 2.37. The Labute approximate surface area is 136 Å². The van der Waals surface area contributed by atoms with Crippen LogP contribution < -0.4 is 0 Å². The van der Waals surface area contributed by atoms with E-state index in [1.165, 1.54) is 23.0 Å². The topological polar surface area (TPSA) is 34.9 Å². The van der Waals surface area contributed by atoms with E-state index in [1.54, 1.807) is 0 Å². The largest absolute Gasteiger partial charge is 0.416 e. The normalized spacial score (nSPS) is 11.5. The lowest BCUT2D eigenvalue weighted by atomic mass is 10.1. The van der Waals surface area contributed by atoms with E-state index >= 15 is 0 Å². The second kappa shape index (κ2) is 5.96. The van der Waals surface area contributed by atoms with Crippen molar-refractivity contribution in [2.24, 2.45) is 0 Å². The number of aryl methyl sites for hydroxylation is 1. The van der Waals surface area contributed by atoms with E-state index in [0.717, 1.165) is 23.3 Å². The van der Waals surface area contributed by atoms with E-state index in [9.17, 15) is 18.0 Å². The smallest absolute Gasteiger partial charge is 0.298 e. The van der Waals surface area contributed by atoms with Gasteiger partial charge in [0.05, 0.1) is 16.8 Å². The summed E-state index contributed by atoms with van der Waals surface area (Å²) in [6, 6.07) is 12.2. The van der Waals surface area contributed by atoms with Crippen LogP contribution in [-0.4, -0.2) is 16.1 Å². The Morgan fingerprint density at radius 1 is 1.08 bits per heavy atom. The zero-order chi connectivity index (χ0) is 17.3. The van der Waals surface area contributed by atoms with Crippen LogP contribution in [0.4, 0.5) is 13.2 Å². The molecule has 3 rings (SSSR count). The lowest BCUT2D eigenvalue weighted by Gasteiger charge is -2.08. The number of alkyl halides is 3. The van der Waals surface area contributed by atoms with Gasteiger partial charge in [-0.3, -0.25) is 4.79 Å². The third kappa shape index (κ3) is 3.08. The van der Waals surface area contributed by atoms with Crippen LogP contribution >= 0.6 is 0 Å². The summed E-state index contributed by atoms with van der Waals surface area (Å²) in [4.78, 5) is 11.3. The van der Waals surface area contributed by atoms with Crippen LogP contribution in [0.15, 0.2) is 54.7 Å². The first-order chi connectivity index (χ1) is 11.4. The summed E-state index contributed by atoms with van der Waals surface area (Å²) in [6.45, 7) is 1.94. The van der Waals surface area contributed by atoms with Gasteiger partial charge in [0, 0.05) is 11.8 Å². The maximum absolute atomic E-state index is 12.9. The van der Waals surface area contributed by atoms with Crippen molar-refractivity contribution >= 4 is 6.29 Å². The van der Waals surface area contributed by atoms with Crippen LogP contribution in [0.3, 0.4) is 0 Å². The Morgan fingerprint density at radius 2 is 1.79 bits per heavy atom. The predicted octanol–water partition coefficient (Wildman–Crippen LogP) is 4.68. The number of carbonyl (C=O) groups excluding carboxylic acids is 1. The van der Waals surface area contributed by atoms with E-state index in [1.807, 2.05) is 31.2 Å². The Kier molecular flexibility index (Phi) is 3.97. The number of benzene rings is 2. The molecule has 6 heteroatoms. The fraction of sp³-hybridized carbons (Fsp3) is 0.111. The van der Waals surface area contributed by atoms with E-state index < -0.39 is 11.7 Å². The van der Waals surface area contributed by atoms with Crippen LogP contribution in [0.5, 0.6) is 0 Å². The molecule has 2 aromatic carbocycles. The highest BCUT2D eigenvalue weighted by Gasteiger charge is 2.30. The van der Waals surface area contributed by atoms with Gasteiger partial charge in [-0.25, -0.2) is 4.68 Å². The van der Waals surface area contributed by atoms with Gasteiger partial charge in [0.25, 0.3) is 0 Å². The molecule has 3 aromatic rings. The van der Waals surface area contributed by atoms with Gasteiger partial charge < -0.3 is 0 Å². The van der Waals surface area contributed by atoms with Gasteiger partial charge in [0.1, 0.15) is 5.69 Å². The molecule has 24 heavy (non-hydrogen) atoms. The standard InChI is InChI=1S/C18H13F3N2O/c1-12-5-7-13(8-6-12)17-14(11-24)10-23(22-17)16-4-2-3-15(9-16)18(19,20)21/h2-11H,1H3. The summed E-state index contributed by atoms with van der Waals surface area (Å²) < 4.78 is 39.8. The molecule has 0 aliphatic rings. The molecular weight excluding hydrogens is 317 g/mol. The van der Waals surface area contributed by atoms with Gasteiger partial charge in [0.2, 0.25) is 0 Å². The van der Waals surface area contributed by atoms with E-state index in [0.29, 0.717) is 17.5 Å². The summed E-state index contributed by atoms with van der Waals surface area (Å²) in [7, 11) is 0. The fourth-order valence-corrected chi connectivity index (χ4v) is 2.37. The van der Waals surface area contributed by atoms with Crippen LogP contribution in [0.25, 0.3) is 16.9 Å². The van der Waals surface area contributed by atoms with Gasteiger partial charge in [-0.15, -0.1) is 0 Å². The second-order valence-corrected chi connectivity index (χ2v) is 5.41. The molecule has 0 aliphatic heterocycles. The van der Waals surface area contributed by atoms with Gasteiger partial charge >= 0.3 is 6.18 Å². The first kappa shape index (κ1) is 16.0. The molecule has 0 bridgehead atoms. The van der Waals surface area contributed by atoms with Crippen molar-refractivity contribution in [3.05, 3.63) is 71.4 Å². The average molecular weight is 330 g/mol. The maximum atomic E-state index is 12.9. The quantitative estimate of drug-likeness (QED) is 0.654. The summed E-state index contributed by atoms with van der Waals surface area (Å²) in [5.74, 6) is 0. The number of halogens is 3. The number of hydrogen-bond acceptors (Lipinski definition) is 2. The Morgan fingerprint density at radius 3 is 2.42 bits per heavy atom. The van der Waals surface area contributed by atoms with Crippen molar-refractivity contribution in [1.82, 2.24) is 9.78 Å². The highest BCUT2D eigenvalue weighted by molar-refractivity contribution is 5.85. The summed E-state index contributed by atoms with van der Waals surface area (Å²) in [5.41, 5.74) is 2.02. The summed E-state index contributed by atoms with van der Waals surface area (Å²) in [6.07, 6.45) is -2.36. The molecule has 0 spiro atoms.